The van der Waals surface area contributed by atoms with E-state index in [0.717, 1.165) is 30.3 Å². The van der Waals surface area contributed by atoms with Gasteiger partial charge in [-0.15, -0.1) is 0 Å². The quantitative estimate of drug-likeness (QED) is 0.0326. The zero-order chi connectivity index (χ0) is 45.3. The first-order chi connectivity index (χ1) is 30.0. The Balaban J connectivity index is 1.26. The van der Waals surface area contributed by atoms with E-state index < -0.39 is 129 Å². The van der Waals surface area contributed by atoms with E-state index in [9.17, 15) is 71.2 Å². The maximum Gasteiger partial charge on any atom is 0.402 e. The minimum absolute atomic E-state index is 0.000881. The zero-order valence-electron chi connectivity index (χ0n) is 32.6. The van der Waals surface area contributed by atoms with Gasteiger partial charge in [-0.1, -0.05) is 12.1 Å². The fourth-order valence-corrected chi connectivity index (χ4v) is 6.94. The number of esters is 1. The molecule has 63 heavy (non-hydrogen) atoms. The summed E-state index contributed by atoms with van der Waals surface area (Å²) in [5, 5.41) is 136. The molecule has 3 aliphatic heterocycles. The molecule has 3 aromatic carbocycles. The van der Waals surface area contributed by atoms with Crippen LogP contribution in [-0.4, -0.2) is 178 Å². The van der Waals surface area contributed by atoms with Crippen LogP contribution in [0.25, 0.3) is 28.4 Å². The second-order valence-corrected chi connectivity index (χ2v) is 14.9. The number of phenolic OH excluding ortho intramolecular Hbond substituents is 4. The lowest BCUT2D eigenvalue weighted by molar-refractivity contribution is -0.345. The summed E-state index contributed by atoms with van der Waals surface area (Å²) in [6.07, 6.45) is -22.3. The molecule has 7 rings (SSSR count). The number of benzene rings is 3. The van der Waals surface area contributed by atoms with Gasteiger partial charge in [0.1, 0.15) is 90.3 Å². The molecule has 0 bridgehead atoms. The Morgan fingerprint density at radius 1 is 0.683 bits per heavy atom. The van der Waals surface area contributed by atoms with Gasteiger partial charge >= 0.3 is 17.3 Å². The fourth-order valence-electron chi connectivity index (χ4n) is 6.94. The minimum Gasteiger partial charge on any atom is -0.508 e. The van der Waals surface area contributed by atoms with E-state index in [4.69, 9.17) is 37.6 Å². The Labute approximate surface area is 355 Å². The molecule has 14 atom stereocenters. The number of aromatic hydroxyl groups is 4. The van der Waals surface area contributed by atoms with Crippen LogP contribution in [0.5, 0.6) is 34.5 Å². The maximum absolute atomic E-state index is 12.7. The summed E-state index contributed by atoms with van der Waals surface area (Å²) in [6, 6.07) is 12.7. The number of phenols is 4. The number of hydrogen-bond donors (Lipinski definition) is 13. The van der Waals surface area contributed by atoms with E-state index in [0.29, 0.717) is 5.56 Å². The molecule has 0 saturated carbocycles. The van der Waals surface area contributed by atoms with Crippen molar-refractivity contribution in [2.75, 3.05) is 19.8 Å². The predicted molar refractivity (Wildman–Crippen MR) is 207 cm³/mol. The fraction of sp³-hybridized carbons (Fsp3) is 0.415. The van der Waals surface area contributed by atoms with E-state index in [1.54, 1.807) is 0 Å². The van der Waals surface area contributed by atoms with E-state index in [1.807, 2.05) is 0 Å². The number of ether oxygens (including phenoxy) is 7. The average molecular weight is 890 g/mol. The van der Waals surface area contributed by atoms with Crippen molar-refractivity contribution in [1.82, 2.24) is 0 Å². The molecule has 4 heterocycles. The summed E-state index contributed by atoms with van der Waals surface area (Å²) >= 11 is 0. The standard InChI is InChI=1S/C41H44O22/c42-13-27-31(50)33(52)36(55)40(61-27)59-25-11-19(44)10-24-20(25)12-26(37(58-24)17-4-7-21(45)22(46)9-17)60-41-38(63-39-35(54)30(49)23(47)14-57-39)34(53)32(51)28(62-41)15-56-29(48)8-3-16-1-5-18(43)6-2-16/h1-12,23,27-28,30-36,38-42,47,49-55H,13-15H2,(H3-,43,44,45,46,48)/p+1/t23-,27+,28+,30-,31+,32+,33-,34+,35-,36+,38+,39-,40+,41+/m0/s1. The van der Waals surface area contributed by atoms with Gasteiger partial charge in [-0.2, -0.15) is 0 Å². The Morgan fingerprint density at radius 2 is 1.37 bits per heavy atom. The normalized spacial score (nSPS) is 32.4. The number of fused-ring (bicyclic) bond motifs is 1. The van der Waals surface area contributed by atoms with E-state index in [2.05, 4.69) is 0 Å². The van der Waals surface area contributed by atoms with Crippen LogP contribution in [0.1, 0.15) is 5.56 Å². The van der Waals surface area contributed by atoms with Crippen molar-refractivity contribution in [2.24, 2.45) is 0 Å². The lowest BCUT2D eigenvalue weighted by Gasteiger charge is -2.44. The van der Waals surface area contributed by atoms with Crippen molar-refractivity contribution in [3.05, 3.63) is 72.3 Å². The molecular formula is C41H45O22+. The Morgan fingerprint density at radius 3 is 2.08 bits per heavy atom. The topological polar surface area (TPSA) is 356 Å². The lowest BCUT2D eigenvalue weighted by Crippen LogP contribution is -2.64. The summed E-state index contributed by atoms with van der Waals surface area (Å²) in [5.74, 6) is -3.43. The van der Waals surface area contributed by atoms with Crippen LogP contribution >= 0.6 is 0 Å². The molecule has 0 unspecified atom stereocenters. The summed E-state index contributed by atoms with van der Waals surface area (Å²) in [7, 11) is 0. The van der Waals surface area contributed by atoms with Crippen LogP contribution in [0.2, 0.25) is 0 Å². The molecule has 1 aromatic heterocycles. The molecule has 3 aliphatic rings. The third-order valence-corrected chi connectivity index (χ3v) is 10.5. The van der Waals surface area contributed by atoms with Crippen LogP contribution in [-0.2, 0) is 28.5 Å². The highest BCUT2D eigenvalue weighted by atomic mass is 16.8. The summed E-state index contributed by atoms with van der Waals surface area (Å²) in [4.78, 5) is 12.7. The first kappa shape index (κ1) is 45.6. The van der Waals surface area contributed by atoms with Crippen LogP contribution in [0, 0.1) is 0 Å². The number of hydrogen-bond acceptors (Lipinski definition) is 21. The minimum atomic E-state index is -2.00. The van der Waals surface area contributed by atoms with Crippen molar-refractivity contribution in [3.63, 3.8) is 0 Å². The first-order valence-corrected chi connectivity index (χ1v) is 19.3. The molecule has 0 amide bonds. The van der Waals surface area contributed by atoms with Gasteiger partial charge in [0.2, 0.25) is 18.3 Å². The predicted octanol–water partition coefficient (Wildman–Crippen LogP) is -1.71. The summed E-state index contributed by atoms with van der Waals surface area (Å²) < 4.78 is 46.4. The number of aliphatic hydroxyl groups excluding tert-OH is 9. The van der Waals surface area contributed by atoms with Crippen molar-refractivity contribution < 1.29 is 109 Å². The molecule has 0 spiro atoms. The molecule has 0 aliphatic carbocycles. The smallest absolute Gasteiger partial charge is 0.402 e. The molecule has 3 saturated heterocycles. The monoisotopic (exact) mass is 889 g/mol. The molecular weight excluding hydrogens is 844 g/mol. The molecule has 13 N–H and O–H groups in total. The molecule has 4 aromatic rings. The van der Waals surface area contributed by atoms with Crippen molar-refractivity contribution in [1.29, 1.82) is 0 Å². The van der Waals surface area contributed by atoms with Crippen molar-refractivity contribution in [3.8, 4) is 45.8 Å². The third kappa shape index (κ3) is 9.88. The molecule has 340 valence electrons. The van der Waals surface area contributed by atoms with Gasteiger partial charge in [-0.05, 0) is 35.9 Å². The highest BCUT2D eigenvalue weighted by Crippen LogP contribution is 2.43. The summed E-state index contributed by atoms with van der Waals surface area (Å²) in [5.41, 5.74) is 0.390. The van der Waals surface area contributed by atoms with Gasteiger partial charge < -0.3 is 99.5 Å². The number of rotatable bonds is 12. The molecule has 22 nitrogen and oxygen atoms in total. The highest BCUT2D eigenvalue weighted by Gasteiger charge is 2.51. The van der Waals surface area contributed by atoms with E-state index >= 15 is 0 Å². The number of aliphatic hydroxyl groups is 9. The largest absolute Gasteiger partial charge is 0.508 e. The molecule has 22 heteroatoms. The number of carbonyl (C=O) groups excluding carboxylic acids is 1. The highest BCUT2D eigenvalue weighted by molar-refractivity contribution is 5.89. The van der Waals surface area contributed by atoms with Gasteiger partial charge in [0.05, 0.1) is 24.8 Å². The van der Waals surface area contributed by atoms with E-state index in [-0.39, 0.29) is 39.5 Å². The second kappa shape index (κ2) is 19.1. The van der Waals surface area contributed by atoms with E-state index in [1.165, 1.54) is 42.5 Å². The average Bonchev–Trinajstić information content (AvgIpc) is 3.26. The Bertz CT molecular complexity index is 2250. The van der Waals surface area contributed by atoms with Crippen LogP contribution in [0.3, 0.4) is 0 Å². The third-order valence-electron chi connectivity index (χ3n) is 10.5. The first-order valence-electron chi connectivity index (χ1n) is 19.3. The zero-order valence-corrected chi connectivity index (χ0v) is 32.6. The Hall–Kier alpha value is -5.44. The van der Waals surface area contributed by atoms with Crippen LogP contribution in [0.15, 0.2) is 71.2 Å². The SMILES string of the molecule is O=C(/C=C/c1ccc(O)cc1)OC[C@H]1O[C@@H](Oc2cc3c(O[C@@H]4O[C@H](CO)[C@@H](O)[C@H](O)[C@H]4O)cc(O)cc3[o+]c2-c2ccc(O)c(O)c2)[C@H](O[C@@H]2OC[C@H](O)[C@H](O)[C@@H]2O)[C@H](O)[C@@H]1O. The van der Waals surface area contributed by atoms with Gasteiger partial charge in [0.25, 0.3) is 0 Å². The van der Waals surface area contributed by atoms with Crippen LogP contribution in [0.4, 0.5) is 0 Å². The number of carbonyl (C=O) groups is 1. The maximum atomic E-state index is 12.7. The lowest BCUT2D eigenvalue weighted by atomic mass is 9.98. The van der Waals surface area contributed by atoms with Gasteiger partial charge in [-0.3, -0.25) is 0 Å². The van der Waals surface area contributed by atoms with Crippen LogP contribution < -0.4 is 9.47 Å². The van der Waals surface area contributed by atoms with Crippen molar-refractivity contribution >= 4 is 23.0 Å². The Kier molecular flexibility index (Phi) is 13.8. The van der Waals surface area contributed by atoms with Gasteiger partial charge in [0, 0.05) is 24.3 Å². The van der Waals surface area contributed by atoms with Crippen molar-refractivity contribution in [2.45, 2.75) is 86.0 Å². The molecule has 3 fully saturated rings. The summed E-state index contributed by atoms with van der Waals surface area (Å²) in [6.45, 7) is -2.01. The van der Waals surface area contributed by atoms with Gasteiger partial charge in [0.15, 0.2) is 23.9 Å². The molecule has 0 radical (unpaired) electrons. The van der Waals surface area contributed by atoms with Gasteiger partial charge in [-0.25, -0.2) is 9.21 Å². The second-order valence-electron chi connectivity index (χ2n) is 14.9.